The van der Waals surface area contributed by atoms with Crippen LogP contribution >= 0.6 is 34.8 Å². The molecule has 2 aromatic carbocycles. The number of benzene rings is 2. The van der Waals surface area contributed by atoms with Crippen LogP contribution in [0.15, 0.2) is 36.4 Å². The number of anilines is 2. The molecule has 0 aliphatic heterocycles. The second kappa shape index (κ2) is 7.68. The maximum absolute atomic E-state index is 12.0. The van der Waals surface area contributed by atoms with Crippen molar-refractivity contribution in [2.75, 3.05) is 10.6 Å². The molecule has 0 bridgehead atoms. The zero-order valence-corrected chi connectivity index (χ0v) is 14.4. The molecule has 0 heterocycles. The lowest BCUT2D eigenvalue weighted by Gasteiger charge is -2.10. The van der Waals surface area contributed by atoms with Crippen LogP contribution in [-0.2, 0) is 9.59 Å². The van der Waals surface area contributed by atoms with E-state index in [0.29, 0.717) is 26.4 Å². The van der Waals surface area contributed by atoms with Crippen LogP contribution in [0.3, 0.4) is 0 Å². The average molecular weight is 372 g/mol. The van der Waals surface area contributed by atoms with E-state index < -0.39 is 11.8 Å². The highest BCUT2D eigenvalue weighted by molar-refractivity contribution is 6.35. The summed E-state index contributed by atoms with van der Waals surface area (Å²) in [5.41, 5.74) is 1.77. The summed E-state index contributed by atoms with van der Waals surface area (Å²) in [7, 11) is 0. The number of carbonyl (C=O) groups is 2. The minimum Gasteiger partial charge on any atom is -0.325 e. The number of aryl methyl sites for hydroxylation is 1. The van der Waals surface area contributed by atoms with Crippen LogP contribution in [0.4, 0.5) is 11.4 Å². The molecular formula is C16H13Cl3N2O2. The molecule has 2 N–H and O–H groups in total. The van der Waals surface area contributed by atoms with Gasteiger partial charge in [0.2, 0.25) is 11.8 Å². The molecule has 0 saturated heterocycles. The summed E-state index contributed by atoms with van der Waals surface area (Å²) in [5, 5.41) is 6.48. The highest BCUT2D eigenvalue weighted by atomic mass is 35.5. The number of nitrogens with one attached hydrogen (secondary N) is 2. The lowest BCUT2D eigenvalue weighted by molar-refractivity contribution is -0.123. The van der Waals surface area contributed by atoms with Gasteiger partial charge in [-0.15, -0.1) is 0 Å². The van der Waals surface area contributed by atoms with Crippen molar-refractivity contribution in [2.24, 2.45) is 0 Å². The van der Waals surface area contributed by atoms with Gasteiger partial charge >= 0.3 is 0 Å². The fourth-order valence-corrected chi connectivity index (χ4v) is 2.37. The van der Waals surface area contributed by atoms with Crippen molar-refractivity contribution in [3.05, 3.63) is 57.0 Å². The molecule has 0 spiro atoms. The van der Waals surface area contributed by atoms with Gasteiger partial charge in [-0.3, -0.25) is 9.59 Å². The highest BCUT2D eigenvalue weighted by Gasteiger charge is 2.13. The van der Waals surface area contributed by atoms with E-state index >= 15 is 0 Å². The molecule has 0 fully saturated rings. The Morgan fingerprint density at radius 3 is 2.04 bits per heavy atom. The second-order valence-electron chi connectivity index (χ2n) is 4.86. The number of hydrogen-bond acceptors (Lipinski definition) is 2. The van der Waals surface area contributed by atoms with E-state index in [0.717, 1.165) is 5.56 Å². The SMILES string of the molecule is Cc1ccc(Cl)cc1NC(=O)CC(=O)Nc1cc(Cl)ccc1Cl. The third-order valence-corrected chi connectivity index (χ3v) is 3.80. The lowest BCUT2D eigenvalue weighted by atomic mass is 10.2. The monoisotopic (exact) mass is 370 g/mol. The van der Waals surface area contributed by atoms with Crippen LogP contribution in [0.1, 0.15) is 12.0 Å². The first kappa shape index (κ1) is 17.6. The molecule has 0 aliphatic carbocycles. The van der Waals surface area contributed by atoms with Crippen LogP contribution in [-0.4, -0.2) is 11.8 Å². The Balaban J connectivity index is 1.98. The van der Waals surface area contributed by atoms with Crippen molar-refractivity contribution in [1.29, 1.82) is 0 Å². The van der Waals surface area contributed by atoms with Crippen molar-refractivity contribution in [3.8, 4) is 0 Å². The Labute approximate surface area is 148 Å². The summed E-state index contributed by atoms with van der Waals surface area (Å²) in [6, 6.07) is 9.81. The van der Waals surface area contributed by atoms with Crippen molar-refractivity contribution < 1.29 is 9.59 Å². The molecule has 2 aromatic rings. The van der Waals surface area contributed by atoms with Crippen molar-refractivity contribution >= 4 is 58.0 Å². The number of amides is 2. The number of carbonyl (C=O) groups excluding carboxylic acids is 2. The summed E-state index contributed by atoms with van der Waals surface area (Å²) in [4.78, 5) is 23.9. The zero-order valence-electron chi connectivity index (χ0n) is 12.1. The lowest BCUT2D eigenvalue weighted by Crippen LogP contribution is -2.21. The number of hydrogen-bond donors (Lipinski definition) is 2. The molecule has 2 amide bonds. The minimum absolute atomic E-state index is 0.342. The van der Waals surface area contributed by atoms with Gasteiger partial charge in [0.05, 0.1) is 10.7 Å². The maximum Gasteiger partial charge on any atom is 0.233 e. The summed E-state index contributed by atoms with van der Waals surface area (Å²) in [6.07, 6.45) is -0.352. The standard InChI is InChI=1S/C16H13Cl3N2O2/c1-9-2-3-10(17)6-13(9)20-15(22)8-16(23)21-14-7-11(18)4-5-12(14)19/h2-7H,8H2,1H3,(H,20,22)(H,21,23). The topological polar surface area (TPSA) is 58.2 Å². The summed E-state index contributed by atoms with van der Waals surface area (Å²) < 4.78 is 0. The largest absolute Gasteiger partial charge is 0.325 e. The summed E-state index contributed by atoms with van der Waals surface area (Å²) >= 11 is 17.7. The van der Waals surface area contributed by atoms with Gasteiger partial charge in [-0.25, -0.2) is 0 Å². The van der Waals surface area contributed by atoms with Crippen molar-refractivity contribution in [3.63, 3.8) is 0 Å². The molecule has 4 nitrogen and oxygen atoms in total. The molecule has 2 rings (SSSR count). The van der Waals surface area contributed by atoms with Crippen LogP contribution in [0.25, 0.3) is 0 Å². The molecule has 120 valence electrons. The molecule has 0 aromatic heterocycles. The van der Waals surface area contributed by atoms with Gasteiger partial charge < -0.3 is 10.6 Å². The Bertz CT molecular complexity index is 699. The van der Waals surface area contributed by atoms with Gasteiger partial charge in [-0.05, 0) is 42.8 Å². The second-order valence-corrected chi connectivity index (χ2v) is 6.14. The first-order chi connectivity index (χ1) is 10.8. The first-order valence-electron chi connectivity index (χ1n) is 6.66. The quantitative estimate of drug-likeness (QED) is 0.749. The van der Waals surface area contributed by atoms with Crippen LogP contribution in [0.2, 0.25) is 15.1 Å². The molecule has 0 aliphatic rings. The van der Waals surface area contributed by atoms with Gasteiger partial charge in [0.1, 0.15) is 6.42 Å². The predicted molar refractivity (Wildman–Crippen MR) is 94.5 cm³/mol. The van der Waals surface area contributed by atoms with Crippen LogP contribution in [0, 0.1) is 6.92 Å². The van der Waals surface area contributed by atoms with Gasteiger partial charge in [0, 0.05) is 15.7 Å². The molecule has 0 saturated carbocycles. The van der Waals surface area contributed by atoms with Gasteiger partial charge in [-0.2, -0.15) is 0 Å². The molecule has 0 atom stereocenters. The third kappa shape index (κ3) is 5.13. The number of halogens is 3. The molecule has 0 unspecified atom stereocenters. The Hall–Kier alpha value is -1.75. The van der Waals surface area contributed by atoms with E-state index in [1.165, 1.54) is 6.07 Å². The minimum atomic E-state index is -0.494. The van der Waals surface area contributed by atoms with Gasteiger partial charge in [0.25, 0.3) is 0 Å². The Morgan fingerprint density at radius 2 is 1.39 bits per heavy atom. The predicted octanol–water partition coefficient (Wildman–Crippen LogP) is 4.92. The van der Waals surface area contributed by atoms with E-state index in [9.17, 15) is 9.59 Å². The van der Waals surface area contributed by atoms with E-state index in [2.05, 4.69) is 10.6 Å². The maximum atomic E-state index is 12.0. The van der Waals surface area contributed by atoms with E-state index in [1.807, 2.05) is 6.92 Å². The van der Waals surface area contributed by atoms with Gasteiger partial charge in [-0.1, -0.05) is 40.9 Å². The molecule has 0 radical (unpaired) electrons. The van der Waals surface area contributed by atoms with Crippen molar-refractivity contribution in [2.45, 2.75) is 13.3 Å². The van der Waals surface area contributed by atoms with E-state index in [4.69, 9.17) is 34.8 Å². The summed E-state index contributed by atoms with van der Waals surface area (Å²) in [6.45, 7) is 1.83. The fourth-order valence-electron chi connectivity index (χ4n) is 1.86. The van der Waals surface area contributed by atoms with Crippen LogP contribution in [0.5, 0.6) is 0 Å². The van der Waals surface area contributed by atoms with Crippen molar-refractivity contribution in [1.82, 2.24) is 0 Å². The Kier molecular flexibility index (Phi) is 5.88. The third-order valence-electron chi connectivity index (χ3n) is 3.00. The molecule has 7 heteroatoms. The van der Waals surface area contributed by atoms with Gasteiger partial charge in [0.15, 0.2) is 0 Å². The normalized spacial score (nSPS) is 10.3. The fraction of sp³-hybridized carbons (Fsp3) is 0.125. The van der Waals surface area contributed by atoms with E-state index in [-0.39, 0.29) is 6.42 Å². The zero-order chi connectivity index (χ0) is 17.0. The molecule has 23 heavy (non-hydrogen) atoms. The smallest absolute Gasteiger partial charge is 0.233 e. The summed E-state index contributed by atoms with van der Waals surface area (Å²) in [5.74, 6) is -0.947. The van der Waals surface area contributed by atoms with E-state index in [1.54, 1.807) is 30.3 Å². The van der Waals surface area contributed by atoms with Crippen LogP contribution < -0.4 is 10.6 Å². The highest BCUT2D eigenvalue weighted by Crippen LogP contribution is 2.25. The molecular weight excluding hydrogens is 359 g/mol. The average Bonchev–Trinajstić information content (AvgIpc) is 2.46. The Morgan fingerprint density at radius 1 is 0.870 bits per heavy atom. The number of rotatable bonds is 4. The first-order valence-corrected chi connectivity index (χ1v) is 7.79.